The molecule has 9 heteroatoms. The van der Waals surface area contributed by atoms with Crippen molar-refractivity contribution in [3.63, 3.8) is 0 Å². The summed E-state index contributed by atoms with van der Waals surface area (Å²) in [6.07, 6.45) is -3.22. The average Bonchev–Trinajstić information content (AvgIpc) is 3.08. The number of ether oxygens (including phenoxy) is 1. The number of sulfone groups is 1. The van der Waals surface area contributed by atoms with Crippen LogP contribution < -0.4 is 0 Å². The number of aromatic nitrogens is 2. The van der Waals surface area contributed by atoms with Crippen LogP contribution in [-0.4, -0.2) is 30.0 Å². The quantitative estimate of drug-likeness (QED) is 0.892. The van der Waals surface area contributed by atoms with Crippen molar-refractivity contribution in [2.75, 3.05) is 6.61 Å². The van der Waals surface area contributed by atoms with Gasteiger partial charge in [0, 0.05) is 12.8 Å². The summed E-state index contributed by atoms with van der Waals surface area (Å²) in [6.45, 7) is 1.74. The molecule has 3 rings (SSSR count). The second-order valence-electron chi connectivity index (χ2n) is 6.30. The van der Waals surface area contributed by atoms with Crippen molar-refractivity contribution in [1.82, 2.24) is 10.2 Å². The van der Waals surface area contributed by atoms with Crippen molar-refractivity contribution in [2.45, 2.75) is 41.7 Å². The van der Waals surface area contributed by atoms with E-state index in [1.807, 2.05) is 0 Å². The SMILES string of the molecule is CC1(S(=O)(=O)c2cccc(C(F)(F)F)c2)CCOC(c2ccn[nH]2)C1. The number of H-pyrrole nitrogens is 1. The molecule has 25 heavy (non-hydrogen) atoms. The molecule has 1 aliphatic rings. The molecule has 5 nitrogen and oxygen atoms in total. The Hall–Kier alpha value is -1.87. The van der Waals surface area contributed by atoms with Gasteiger partial charge in [-0.3, -0.25) is 5.10 Å². The Kier molecular flexibility index (Phi) is 4.40. The monoisotopic (exact) mass is 374 g/mol. The number of nitrogens with zero attached hydrogens (tertiary/aromatic N) is 1. The molecule has 1 aliphatic heterocycles. The fourth-order valence-corrected chi connectivity index (χ4v) is 4.82. The van der Waals surface area contributed by atoms with Crippen LogP contribution in [0.15, 0.2) is 41.4 Å². The fraction of sp³-hybridized carbons (Fsp3) is 0.438. The molecule has 0 aliphatic carbocycles. The van der Waals surface area contributed by atoms with E-state index in [-0.39, 0.29) is 24.3 Å². The molecule has 0 saturated carbocycles. The van der Waals surface area contributed by atoms with Gasteiger partial charge in [-0.25, -0.2) is 8.42 Å². The van der Waals surface area contributed by atoms with E-state index in [1.54, 1.807) is 13.0 Å². The Labute approximate surface area is 143 Å². The van der Waals surface area contributed by atoms with Gasteiger partial charge in [0.15, 0.2) is 9.84 Å². The summed E-state index contributed by atoms with van der Waals surface area (Å²) in [4.78, 5) is -0.324. The molecule has 2 atom stereocenters. The van der Waals surface area contributed by atoms with Crippen LogP contribution in [0.3, 0.4) is 0 Å². The zero-order valence-electron chi connectivity index (χ0n) is 13.4. The molecule has 1 aromatic carbocycles. The molecular weight excluding hydrogens is 357 g/mol. The highest BCUT2D eigenvalue weighted by atomic mass is 32.2. The Morgan fingerprint density at radius 1 is 1.32 bits per heavy atom. The van der Waals surface area contributed by atoms with E-state index in [2.05, 4.69) is 10.2 Å². The Bertz CT molecular complexity index is 850. The third-order valence-corrected chi connectivity index (χ3v) is 7.10. The van der Waals surface area contributed by atoms with Crippen molar-refractivity contribution in [3.05, 3.63) is 47.8 Å². The summed E-state index contributed by atoms with van der Waals surface area (Å²) in [5.41, 5.74) is -0.334. The fourth-order valence-electron chi connectivity index (χ4n) is 2.98. The van der Waals surface area contributed by atoms with E-state index in [9.17, 15) is 21.6 Å². The van der Waals surface area contributed by atoms with Crippen molar-refractivity contribution >= 4 is 9.84 Å². The van der Waals surface area contributed by atoms with Crippen LogP contribution in [0.25, 0.3) is 0 Å². The summed E-state index contributed by atoms with van der Waals surface area (Å²) in [6, 6.07) is 5.56. The number of benzene rings is 1. The minimum absolute atomic E-state index is 0.133. The van der Waals surface area contributed by atoms with E-state index in [1.165, 1.54) is 12.3 Å². The van der Waals surface area contributed by atoms with E-state index < -0.39 is 32.4 Å². The number of hydrogen-bond acceptors (Lipinski definition) is 4. The lowest BCUT2D eigenvalue weighted by Crippen LogP contribution is -2.42. The maximum atomic E-state index is 13.1. The lowest BCUT2D eigenvalue weighted by atomic mass is 9.95. The number of halogens is 3. The summed E-state index contributed by atoms with van der Waals surface area (Å²) >= 11 is 0. The van der Waals surface area contributed by atoms with Crippen LogP contribution in [0.1, 0.15) is 37.1 Å². The van der Waals surface area contributed by atoms with E-state index >= 15 is 0 Å². The molecule has 1 saturated heterocycles. The van der Waals surface area contributed by atoms with Crippen LogP contribution in [-0.2, 0) is 20.8 Å². The van der Waals surface area contributed by atoms with Gasteiger partial charge in [-0.2, -0.15) is 18.3 Å². The summed E-state index contributed by atoms with van der Waals surface area (Å²) < 4.78 is 69.2. The predicted molar refractivity (Wildman–Crippen MR) is 83.5 cm³/mol. The number of alkyl halides is 3. The topological polar surface area (TPSA) is 72.1 Å². The van der Waals surface area contributed by atoms with E-state index in [0.29, 0.717) is 11.8 Å². The van der Waals surface area contributed by atoms with Crippen molar-refractivity contribution in [3.8, 4) is 0 Å². The molecule has 0 spiro atoms. The highest BCUT2D eigenvalue weighted by Crippen LogP contribution is 2.42. The second kappa shape index (κ2) is 6.14. The normalized spacial score (nSPS) is 25.0. The first-order chi connectivity index (χ1) is 11.6. The Morgan fingerprint density at radius 3 is 2.72 bits per heavy atom. The highest BCUT2D eigenvalue weighted by Gasteiger charge is 2.46. The molecule has 1 N–H and O–H groups in total. The molecule has 1 aromatic heterocycles. The average molecular weight is 374 g/mol. The van der Waals surface area contributed by atoms with Gasteiger partial charge in [0.25, 0.3) is 0 Å². The number of rotatable bonds is 3. The van der Waals surface area contributed by atoms with Gasteiger partial charge in [0.05, 0.1) is 20.9 Å². The summed E-state index contributed by atoms with van der Waals surface area (Å²) in [5.74, 6) is 0. The smallest absolute Gasteiger partial charge is 0.372 e. The van der Waals surface area contributed by atoms with Gasteiger partial charge in [-0.1, -0.05) is 6.07 Å². The van der Waals surface area contributed by atoms with Crippen LogP contribution in [0.5, 0.6) is 0 Å². The van der Waals surface area contributed by atoms with Gasteiger partial charge in [-0.05, 0) is 44.0 Å². The van der Waals surface area contributed by atoms with Crippen molar-refractivity contribution < 1.29 is 26.3 Å². The molecule has 0 radical (unpaired) electrons. The first-order valence-corrected chi connectivity index (χ1v) is 9.15. The Balaban J connectivity index is 1.96. The number of hydrogen-bond donors (Lipinski definition) is 1. The second-order valence-corrected chi connectivity index (χ2v) is 8.77. The zero-order valence-corrected chi connectivity index (χ0v) is 14.2. The molecule has 2 heterocycles. The largest absolute Gasteiger partial charge is 0.416 e. The van der Waals surface area contributed by atoms with Gasteiger partial charge in [0.1, 0.15) is 6.10 Å². The third-order valence-electron chi connectivity index (χ3n) is 4.56. The van der Waals surface area contributed by atoms with Gasteiger partial charge < -0.3 is 4.74 Å². The summed E-state index contributed by atoms with van der Waals surface area (Å²) in [7, 11) is -3.98. The standard InChI is InChI=1S/C16H17F3N2O3S/c1-15(6-8-24-14(10-15)13-5-7-20-21-13)25(22,23)12-4-2-3-11(9-12)16(17,18)19/h2-5,7,9,14H,6,8,10H2,1H3,(H,20,21). The van der Waals surface area contributed by atoms with E-state index in [0.717, 1.165) is 12.1 Å². The molecule has 0 amide bonds. The maximum Gasteiger partial charge on any atom is 0.416 e. The molecule has 2 aromatic rings. The minimum Gasteiger partial charge on any atom is -0.372 e. The van der Waals surface area contributed by atoms with Crippen molar-refractivity contribution in [2.24, 2.45) is 0 Å². The first kappa shape index (κ1) is 17.9. The zero-order chi connectivity index (χ0) is 18.3. The highest BCUT2D eigenvalue weighted by molar-refractivity contribution is 7.92. The van der Waals surface area contributed by atoms with Gasteiger partial charge in [-0.15, -0.1) is 0 Å². The van der Waals surface area contributed by atoms with Crippen LogP contribution in [0.4, 0.5) is 13.2 Å². The first-order valence-electron chi connectivity index (χ1n) is 7.66. The maximum absolute atomic E-state index is 13.1. The number of aromatic amines is 1. The van der Waals surface area contributed by atoms with Gasteiger partial charge >= 0.3 is 6.18 Å². The van der Waals surface area contributed by atoms with E-state index in [4.69, 9.17) is 4.74 Å². The number of nitrogens with one attached hydrogen (secondary N) is 1. The lowest BCUT2D eigenvalue weighted by Gasteiger charge is -2.37. The van der Waals surface area contributed by atoms with Crippen LogP contribution in [0.2, 0.25) is 0 Å². The Morgan fingerprint density at radius 2 is 2.08 bits per heavy atom. The third kappa shape index (κ3) is 3.30. The lowest BCUT2D eigenvalue weighted by molar-refractivity contribution is -0.137. The van der Waals surface area contributed by atoms with Crippen LogP contribution >= 0.6 is 0 Å². The molecule has 136 valence electrons. The van der Waals surface area contributed by atoms with Crippen LogP contribution in [0, 0.1) is 0 Å². The predicted octanol–water partition coefficient (Wildman–Crippen LogP) is 3.51. The van der Waals surface area contributed by atoms with Gasteiger partial charge in [0.2, 0.25) is 0 Å². The molecule has 1 fully saturated rings. The molecular formula is C16H17F3N2O3S. The summed E-state index contributed by atoms with van der Waals surface area (Å²) in [5, 5.41) is 6.57. The van der Waals surface area contributed by atoms with Crippen molar-refractivity contribution in [1.29, 1.82) is 0 Å². The minimum atomic E-state index is -4.60. The molecule has 0 bridgehead atoms. The molecule has 2 unspecified atom stereocenters.